The monoisotopic (exact) mass is 192 g/mol. The molecule has 1 amide bonds. The molecule has 0 aromatic carbocycles. The summed E-state index contributed by atoms with van der Waals surface area (Å²) in [7, 11) is 0. The number of allylic oxidation sites excluding steroid dienone is 1. The molecule has 2 rings (SSSR count). The van der Waals surface area contributed by atoms with E-state index in [0.717, 1.165) is 12.8 Å². The number of carbonyl (C=O) groups is 1. The zero-order valence-electron chi connectivity index (χ0n) is 8.73. The van der Waals surface area contributed by atoms with Crippen LogP contribution in [0.1, 0.15) is 26.7 Å². The van der Waals surface area contributed by atoms with Crippen LogP contribution in [0.15, 0.2) is 12.7 Å². The van der Waals surface area contributed by atoms with Crippen LogP contribution in [0, 0.1) is 17.2 Å². The second-order valence-electron chi connectivity index (χ2n) is 3.78. The fraction of sp³-hybridized carbons (Fsp3) is 0.636. The van der Waals surface area contributed by atoms with Gasteiger partial charge in [0.1, 0.15) is 6.04 Å². The zero-order chi connectivity index (χ0) is 10.7. The van der Waals surface area contributed by atoms with Crippen molar-refractivity contribution in [2.24, 2.45) is 5.92 Å². The van der Waals surface area contributed by atoms with Crippen molar-refractivity contribution < 1.29 is 4.79 Å². The van der Waals surface area contributed by atoms with Gasteiger partial charge in [-0.3, -0.25) is 4.79 Å². The van der Waals surface area contributed by atoms with Crippen LogP contribution in [0.4, 0.5) is 0 Å². The van der Waals surface area contributed by atoms with Crippen molar-refractivity contribution in [1.82, 2.24) is 4.90 Å². The first-order chi connectivity index (χ1) is 6.65. The van der Waals surface area contributed by atoms with Gasteiger partial charge in [-0.1, -0.05) is 6.08 Å². The molecule has 14 heavy (non-hydrogen) atoms. The van der Waals surface area contributed by atoms with Gasteiger partial charge in [-0.05, 0) is 25.7 Å². The third kappa shape index (κ3) is 1.95. The first kappa shape index (κ1) is 10.8. The summed E-state index contributed by atoms with van der Waals surface area (Å²) in [5.41, 5.74) is 0. The SMILES string of the molecule is C=CC.CC(=O)N1[C@@H](C#N)C[C@@H]2C[C@@H]21. The third-order valence-electron chi connectivity index (χ3n) is 2.62. The molecule has 0 aromatic rings. The third-order valence-corrected chi connectivity index (χ3v) is 2.62. The average molecular weight is 192 g/mol. The van der Waals surface area contributed by atoms with E-state index in [4.69, 9.17) is 5.26 Å². The largest absolute Gasteiger partial charge is 0.324 e. The number of nitrogens with zero attached hydrogens (tertiary/aromatic N) is 2. The first-order valence-corrected chi connectivity index (χ1v) is 4.91. The predicted molar refractivity (Wildman–Crippen MR) is 54.3 cm³/mol. The van der Waals surface area contributed by atoms with Gasteiger partial charge in [0.2, 0.25) is 5.91 Å². The van der Waals surface area contributed by atoms with Crippen LogP contribution in [0.3, 0.4) is 0 Å². The van der Waals surface area contributed by atoms with Gasteiger partial charge in [0, 0.05) is 13.0 Å². The molecule has 3 heteroatoms. The quantitative estimate of drug-likeness (QED) is 0.548. The Labute approximate surface area is 85.0 Å². The predicted octanol–water partition coefficient (Wildman–Crippen LogP) is 1.71. The molecule has 2 fully saturated rings. The van der Waals surface area contributed by atoms with Crippen LogP contribution in [-0.2, 0) is 4.79 Å². The molecule has 0 aromatic heterocycles. The lowest BCUT2D eigenvalue weighted by Gasteiger charge is -2.20. The molecule has 3 nitrogen and oxygen atoms in total. The summed E-state index contributed by atoms with van der Waals surface area (Å²) >= 11 is 0. The van der Waals surface area contributed by atoms with Crippen LogP contribution >= 0.6 is 0 Å². The molecule has 3 atom stereocenters. The normalized spacial score (nSPS) is 32.1. The topological polar surface area (TPSA) is 44.1 Å². The Balaban J connectivity index is 0.000000293. The second-order valence-corrected chi connectivity index (χ2v) is 3.78. The maximum atomic E-state index is 11.0. The van der Waals surface area contributed by atoms with E-state index in [2.05, 4.69) is 12.6 Å². The molecule has 0 N–H and O–H groups in total. The Hall–Kier alpha value is -1.30. The highest BCUT2D eigenvalue weighted by Crippen LogP contribution is 2.47. The van der Waals surface area contributed by atoms with Crippen LogP contribution in [0.25, 0.3) is 0 Å². The van der Waals surface area contributed by atoms with Crippen LogP contribution in [0.5, 0.6) is 0 Å². The molecule has 1 saturated heterocycles. The molecule has 1 heterocycles. The van der Waals surface area contributed by atoms with Gasteiger partial charge in [0.05, 0.1) is 6.07 Å². The van der Waals surface area contributed by atoms with Crippen molar-refractivity contribution in [1.29, 1.82) is 5.26 Å². The second kappa shape index (κ2) is 4.28. The minimum atomic E-state index is -0.128. The van der Waals surface area contributed by atoms with Crippen LogP contribution in [0.2, 0.25) is 0 Å². The first-order valence-electron chi connectivity index (χ1n) is 4.91. The van der Waals surface area contributed by atoms with E-state index in [1.54, 1.807) is 17.9 Å². The number of fused-ring (bicyclic) bond motifs is 1. The van der Waals surface area contributed by atoms with E-state index in [9.17, 15) is 4.79 Å². The van der Waals surface area contributed by atoms with Crippen molar-refractivity contribution in [3.05, 3.63) is 12.7 Å². The highest BCUT2D eigenvalue weighted by atomic mass is 16.2. The highest BCUT2D eigenvalue weighted by Gasteiger charge is 2.53. The molecule has 1 saturated carbocycles. The Morgan fingerprint density at radius 2 is 2.21 bits per heavy atom. The fourth-order valence-corrected chi connectivity index (χ4v) is 2.02. The van der Waals surface area contributed by atoms with Crippen molar-refractivity contribution in [2.75, 3.05) is 0 Å². The molecule has 0 spiro atoms. The van der Waals surface area contributed by atoms with Crippen LogP contribution in [-0.4, -0.2) is 22.9 Å². The number of hydrogen-bond donors (Lipinski definition) is 0. The van der Waals surface area contributed by atoms with Crippen molar-refractivity contribution >= 4 is 5.91 Å². The van der Waals surface area contributed by atoms with Gasteiger partial charge >= 0.3 is 0 Å². The molecular formula is C11H16N2O. The molecule has 0 radical (unpaired) electrons. The molecule has 76 valence electrons. The lowest BCUT2D eigenvalue weighted by atomic mass is 10.2. The summed E-state index contributed by atoms with van der Waals surface area (Å²) in [6, 6.07) is 2.45. The lowest BCUT2D eigenvalue weighted by molar-refractivity contribution is -0.129. The van der Waals surface area contributed by atoms with Crippen molar-refractivity contribution in [3.8, 4) is 6.07 Å². The molecule has 2 aliphatic rings. The molecule has 0 bridgehead atoms. The number of piperidine rings is 1. The number of carbonyl (C=O) groups excluding carboxylic acids is 1. The van der Waals surface area contributed by atoms with E-state index in [1.165, 1.54) is 0 Å². The van der Waals surface area contributed by atoms with Gasteiger partial charge in [-0.2, -0.15) is 5.26 Å². The summed E-state index contributed by atoms with van der Waals surface area (Å²) in [4.78, 5) is 12.8. The molecule has 0 unspecified atom stereocenters. The Bertz CT molecular complexity index is 280. The highest BCUT2D eigenvalue weighted by molar-refractivity contribution is 5.75. The van der Waals surface area contributed by atoms with Crippen LogP contribution < -0.4 is 0 Å². The van der Waals surface area contributed by atoms with Gasteiger partial charge in [0.25, 0.3) is 0 Å². The fourth-order valence-electron chi connectivity index (χ4n) is 2.02. The van der Waals surface area contributed by atoms with Gasteiger partial charge in [-0.15, -0.1) is 6.58 Å². The number of hydrogen-bond acceptors (Lipinski definition) is 2. The van der Waals surface area contributed by atoms with E-state index in [0.29, 0.717) is 12.0 Å². The van der Waals surface area contributed by atoms with Gasteiger partial charge in [-0.25, -0.2) is 0 Å². The number of rotatable bonds is 0. The number of nitriles is 1. The Morgan fingerprint density at radius 1 is 1.64 bits per heavy atom. The summed E-state index contributed by atoms with van der Waals surface area (Å²) in [5, 5.41) is 8.68. The van der Waals surface area contributed by atoms with E-state index in [-0.39, 0.29) is 11.9 Å². The number of amides is 1. The number of likely N-dealkylation sites (tertiary alicyclic amines) is 1. The van der Waals surface area contributed by atoms with Gasteiger partial charge in [0.15, 0.2) is 0 Å². The molecule has 1 aliphatic heterocycles. The van der Waals surface area contributed by atoms with E-state index in [1.807, 2.05) is 6.92 Å². The average Bonchev–Trinajstić information content (AvgIpc) is 2.77. The summed E-state index contributed by atoms with van der Waals surface area (Å²) in [5.74, 6) is 0.699. The lowest BCUT2D eigenvalue weighted by Crippen LogP contribution is -2.35. The van der Waals surface area contributed by atoms with Crippen molar-refractivity contribution in [2.45, 2.75) is 38.8 Å². The smallest absolute Gasteiger partial charge is 0.220 e. The Kier molecular flexibility index (Phi) is 3.29. The summed E-state index contributed by atoms with van der Waals surface area (Å²) in [6.45, 7) is 6.80. The van der Waals surface area contributed by atoms with Crippen molar-refractivity contribution in [3.63, 3.8) is 0 Å². The minimum absolute atomic E-state index is 0.0570. The summed E-state index contributed by atoms with van der Waals surface area (Å²) < 4.78 is 0. The van der Waals surface area contributed by atoms with E-state index < -0.39 is 0 Å². The molecule has 1 aliphatic carbocycles. The summed E-state index contributed by atoms with van der Waals surface area (Å²) in [6.07, 6.45) is 3.78. The molecular weight excluding hydrogens is 176 g/mol. The standard InChI is InChI=1S/C8H10N2O.C3H6/c1-5(11)10-7(4-9)2-6-3-8(6)10;1-3-2/h6-8H,2-3H2,1H3;3H,1H2,2H3/t6-,7-,8+;/m1./s1. The van der Waals surface area contributed by atoms with E-state index >= 15 is 0 Å². The maximum absolute atomic E-state index is 11.0. The maximum Gasteiger partial charge on any atom is 0.220 e. The minimum Gasteiger partial charge on any atom is -0.324 e. The zero-order valence-corrected chi connectivity index (χ0v) is 8.73. The Morgan fingerprint density at radius 3 is 2.57 bits per heavy atom. The van der Waals surface area contributed by atoms with Gasteiger partial charge < -0.3 is 4.90 Å².